The number of hydrogen-bond donors (Lipinski definition) is 2. The zero-order chi connectivity index (χ0) is 12.3. The second-order valence-electron chi connectivity index (χ2n) is 4.44. The van der Waals surface area contributed by atoms with Crippen molar-refractivity contribution in [1.29, 1.82) is 0 Å². The fourth-order valence-electron chi connectivity index (χ4n) is 1.53. The smallest absolute Gasteiger partial charge is 0.252 e. The molecule has 0 aromatic carbocycles. The molecule has 2 rings (SSSR count). The summed E-state index contributed by atoms with van der Waals surface area (Å²) in [4.78, 5) is 22.9. The van der Waals surface area contributed by atoms with Gasteiger partial charge in [0, 0.05) is 12.7 Å². The number of nitrogens with zero attached hydrogens (tertiary/aromatic N) is 2. The van der Waals surface area contributed by atoms with Crippen LogP contribution >= 0.6 is 0 Å². The van der Waals surface area contributed by atoms with Gasteiger partial charge < -0.3 is 10.3 Å². The number of aromatic nitrogens is 3. The zero-order valence-corrected chi connectivity index (χ0v) is 10.0. The number of aromatic amines is 1. The van der Waals surface area contributed by atoms with Crippen molar-refractivity contribution in [3.05, 3.63) is 24.2 Å². The molecule has 0 fully saturated rings. The Kier molecular flexibility index (Phi) is 3.37. The van der Waals surface area contributed by atoms with Crippen LogP contribution in [0.2, 0.25) is 0 Å². The number of nitrogens with one attached hydrogen (secondary N) is 2. The fourth-order valence-corrected chi connectivity index (χ4v) is 1.53. The van der Waals surface area contributed by atoms with Crippen LogP contribution in [0.3, 0.4) is 0 Å². The van der Waals surface area contributed by atoms with Crippen molar-refractivity contribution in [2.24, 2.45) is 5.92 Å². The lowest BCUT2D eigenvalue weighted by Crippen LogP contribution is -2.25. The van der Waals surface area contributed by atoms with E-state index in [0.29, 0.717) is 23.7 Å². The minimum absolute atomic E-state index is 0.0883. The molecule has 90 valence electrons. The largest absolute Gasteiger partial charge is 0.352 e. The summed E-state index contributed by atoms with van der Waals surface area (Å²) in [5, 5.41) is 2.87. The quantitative estimate of drug-likeness (QED) is 0.843. The number of imidazole rings is 1. The van der Waals surface area contributed by atoms with E-state index in [0.717, 1.165) is 11.9 Å². The van der Waals surface area contributed by atoms with Gasteiger partial charge in [0.15, 0.2) is 5.65 Å². The molecule has 2 aromatic rings. The number of fused-ring (bicyclic) bond motifs is 1. The number of pyridine rings is 1. The van der Waals surface area contributed by atoms with Gasteiger partial charge in [-0.1, -0.05) is 13.8 Å². The molecule has 0 radical (unpaired) electrons. The minimum Gasteiger partial charge on any atom is -0.352 e. The molecule has 2 N–H and O–H groups in total. The minimum atomic E-state index is -0.0883. The fraction of sp³-hybridized carbons (Fsp3) is 0.417. The maximum atomic E-state index is 11.8. The van der Waals surface area contributed by atoms with Crippen LogP contribution in [0.5, 0.6) is 0 Å². The van der Waals surface area contributed by atoms with Gasteiger partial charge in [0.25, 0.3) is 5.91 Å². The van der Waals surface area contributed by atoms with Gasteiger partial charge in [-0.25, -0.2) is 9.97 Å². The van der Waals surface area contributed by atoms with Gasteiger partial charge in [-0.2, -0.15) is 0 Å². The number of carbonyl (C=O) groups is 1. The van der Waals surface area contributed by atoms with Crippen molar-refractivity contribution in [3.63, 3.8) is 0 Å². The van der Waals surface area contributed by atoms with Crippen molar-refractivity contribution < 1.29 is 4.79 Å². The van der Waals surface area contributed by atoms with Gasteiger partial charge in [-0.3, -0.25) is 4.79 Å². The number of rotatable bonds is 4. The number of amides is 1. The predicted molar refractivity (Wildman–Crippen MR) is 65.7 cm³/mol. The Balaban J connectivity index is 2.03. The molecule has 0 aliphatic carbocycles. The third-order valence-electron chi connectivity index (χ3n) is 2.54. The van der Waals surface area contributed by atoms with Crippen LogP contribution < -0.4 is 5.32 Å². The summed E-state index contributed by atoms with van der Waals surface area (Å²) < 4.78 is 0. The lowest BCUT2D eigenvalue weighted by Gasteiger charge is -2.06. The molecule has 1 amide bonds. The molecule has 2 aromatic heterocycles. The maximum absolute atomic E-state index is 11.8. The van der Waals surface area contributed by atoms with Gasteiger partial charge in [0.05, 0.1) is 17.4 Å². The van der Waals surface area contributed by atoms with Gasteiger partial charge in [0.2, 0.25) is 0 Å². The average Bonchev–Trinajstić information content (AvgIpc) is 2.75. The van der Waals surface area contributed by atoms with E-state index < -0.39 is 0 Å². The summed E-state index contributed by atoms with van der Waals surface area (Å²) in [5.74, 6) is 0.498. The van der Waals surface area contributed by atoms with E-state index >= 15 is 0 Å². The second-order valence-corrected chi connectivity index (χ2v) is 4.44. The van der Waals surface area contributed by atoms with Gasteiger partial charge >= 0.3 is 0 Å². The lowest BCUT2D eigenvalue weighted by atomic mass is 10.1. The molecular formula is C12H16N4O. The van der Waals surface area contributed by atoms with Crippen molar-refractivity contribution in [3.8, 4) is 0 Å². The van der Waals surface area contributed by atoms with Crippen LogP contribution in [-0.4, -0.2) is 27.4 Å². The Morgan fingerprint density at radius 1 is 1.47 bits per heavy atom. The summed E-state index contributed by atoms with van der Waals surface area (Å²) in [6.07, 6.45) is 4.09. The van der Waals surface area contributed by atoms with Crippen molar-refractivity contribution in [1.82, 2.24) is 20.3 Å². The summed E-state index contributed by atoms with van der Waals surface area (Å²) >= 11 is 0. The van der Waals surface area contributed by atoms with Gasteiger partial charge in [0.1, 0.15) is 0 Å². The highest BCUT2D eigenvalue weighted by atomic mass is 16.1. The van der Waals surface area contributed by atoms with Crippen LogP contribution in [0.15, 0.2) is 18.6 Å². The van der Waals surface area contributed by atoms with E-state index in [2.05, 4.69) is 34.1 Å². The van der Waals surface area contributed by atoms with E-state index in [1.54, 1.807) is 18.6 Å². The molecule has 0 aliphatic rings. The van der Waals surface area contributed by atoms with E-state index in [4.69, 9.17) is 0 Å². The molecule has 17 heavy (non-hydrogen) atoms. The molecule has 0 bridgehead atoms. The van der Waals surface area contributed by atoms with Gasteiger partial charge in [-0.05, 0) is 18.4 Å². The first-order valence-corrected chi connectivity index (χ1v) is 5.74. The standard InChI is InChI=1S/C12H16N4O/c1-8(2)3-4-13-12(17)9-5-10-11(14-6-9)16-7-15-10/h5-8H,3-4H2,1-2H3,(H,13,17)(H,14,15,16). The van der Waals surface area contributed by atoms with Gasteiger partial charge in [-0.15, -0.1) is 0 Å². The Morgan fingerprint density at radius 2 is 2.29 bits per heavy atom. The third kappa shape index (κ3) is 2.81. The normalized spacial score (nSPS) is 11.0. The van der Waals surface area contributed by atoms with E-state index in [1.165, 1.54) is 0 Å². The van der Waals surface area contributed by atoms with Crippen LogP contribution in [0.4, 0.5) is 0 Å². The van der Waals surface area contributed by atoms with E-state index in [-0.39, 0.29) is 5.91 Å². The molecule has 0 unspecified atom stereocenters. The van der Waals surface area contributed by atoms with Crippen molar-refractivity contribution in [2.75, 3.05) is 6.54 Å². The Morgan fingerprint density at radius 3 is 3.06 bits per heavy atom. The molecule has 0 saturated heterocycles. The van der Waals surface area contributed by atoms with Crippen LogP contribution in [-0.2, 0) is 0 Å². The first kappa shape index (κ1) is 11.6. The van der Waals surface area contributed by atoms with E-state index in [1.807, 2.05) is 0 Å². The summed E-state index contributed by atoms with van der Waals surface area (Å²) in [6, 6.07) is 1.76. The number of hydrogen-bond acceptors (Lipinski definition) is 3. The second kappa shape index (κ2) is 4.95. The molecule has 0 saturated carbocycles. The topological polar surface area (TPSA) is 70.7 Å². The Hall–Kier alpha value is -1.91. The molecule has 0 atom stereocenters. The molecule has 2 heterocycles. The highest BCUT2D eigenvalue weighted by Crippen LogP contribution is 2.08. The molecule has 5 heteroatoms. The lowest BCUT2D eigenvalue weighted by molar-refractivity contribution is 0.0952. The first-order chi connectivity index (χ1) is 8.16. The Labute approximate surface area is 99.7 Å². The predicted octanol–water partition coefficient (Wildman–Crippen LogP) is 1.73. The van der Waals surface area contributed by atoms with Crippen LogP contribution in [0.1, 0.15) is 30.6 Å². The zero-order valence-electron chi connectivity index (χ0n) is 10.0. The van der Waals surface area contributed by atoms with Crippen molar-refractivity contribution >= 4 is 17.1 Å². The Bertz CT molecular complexity index is 518. The number of carbonyl (C=O) groups excluding carboxylic acids is 1. The molecular weight excluding hydrogens is 216 g/mol. The molecule has 5 nitrogen and oxygen atoms in total. The monoisotopic (exact) mass is 232 g/mol. The summed E-state index contributed by atoms with van der Waals surface area (Å²) in [7, 11) is 0. The molecule has 0 aliphatic heterocycles. The highest BCUT2D eigenvalue weighted by Gasteiger charge is 2.07. The first-order valence-electron chi connectivity index (χ1n) is 5.74. The summed E-state index contributed by atoms with van der Waals surface area (Å²) in [5.41, 5.74) is 1.97. The van der Waals surface area contributed by atoms with Crippen LogP contribution in [0.25, 0.3) is 11.2 Å². The SMILES string of the molecule is CC(C)CCNC(=O)c1cnc2nc[nH]c2c1. The summed E-state index contributed by atoms with van der Waals surface area (Å²) in [6.45, 7) is 4.95. The van der Waals surface area contributed by atoms with E-state index in [9.17, 15) is 4.79 Å². The van der Waals surface area contributed by atoms with Crippen LogP contribution in [0, 0.1) is 5.92 Å². The average molecular weight is 232 g/mol. The highest BCUT2D eigenvalue weighted by molar-refractivity contribution is 5.96. The van der Waals surface area contributed by atoms with Crippen molar-refractivity contribution in [2.45, 2.75) is 20.3 Å². The molecule has 0 spiro atoms. The third-order valence-corrected chi connectivity index (χ3v) is 2.54. The maximum Gasteiger partial charge on any atom is 0.252 e. The number of H-pyrrole nitrogens is 1.